The molecule has 1 aliphatic rings. The van der Waals surface area contributed by atoms with Gasteiger partial charge in [0.25, 0.3) is 5.91 Å². The molecule has 1 unspecified atom stereocenters. The largest absolute Gasteiger partial charge is 0.503 e. The fourth-order valence-corrected chi connectivity index (χ4v) is 3.60. The van der Waals surface area contributed by atoms with Crippen molar-refractivity contribution in [3.8, 4) is 5.75 Å². The smallest absolute Gasteiger partial charge is 0.294 e. The molecule has 0 aliphatic carbocycles. The average molecular weight is 424 g/mol. The molecule has 7 heteroatoms. The summed E-state index contributed by atoms with van der Waals surface area (Å²) < 4.78 is 10.7. The van der Waals surface area contributed by atoms with Crippen molar-refractivity contribution in [3.63, 3.8) is 0 Å². The second kappa shape index (κ2) is 8.08. The van der Waals surface area contributed by atoms with E-state index < -0.39 is 23.5 Å². The molecule has 4 rings (SSSR count). The number of aliphatic hydroxyl groups excluding tert-OH is 1. The van der Waals surface area contributed by atoms with Gasteiger partial charge in [0.15, 0.2) is 11.5 Å². The molecule has 0 bridgehead atoms. The van der Waals surface area contributed by atoms with Crippen LogP contribution in [0.5, 0.6) is 5.75 Å². The summed E-state index contributed by atoms with van der Waals surface area (Å²) in [4.78, 5) is 27.5. The maximum Gasteiger partial charge on any atom is 0.294 e. The van der Waals surface area contributed by atoms with Gasteiger partial charge in [-0.25, -0.2) is 0 Å². The van der Waals surface area contributed by atoms with Crippen molar-refractivity contribution in [3.05, 3.63) is 94.6 Å². The number of Topliss-reactive ketones (excluding diaryl/α,β-unsaturated/α-hetero) is 1. The van der Waals surface area contributed by atoms with Crippen LogP contribution in [0.4, 0.5) is 5.69 Å². The first-order valence-electron chi connectivity index (χ1n) is 9.34. The molecule has 0 radical (unpaired) electrons. The maximum atomic E-state index is 13.1. The van der Waals surface area contributed by atoms with Gasteiger partial charge in [-0.1, -0.05) is 23.7 Å². The lowest BCUT2D eigenvalue weighted by atomic mass is 9.94. The number of ketones is 1. The fraction of sp³-hybridized carbons (Fsp3) is 0.130. The van der Waals surface area contributed by atoms with Crippen LogP contribution in [0.2, 0.25) is 5.02 Å². The van der Waals surface area contributed by atoms with Crippen LogP contribution in [-0.2, 0) is 4.79 Å². The number of benzene rings is 2. The first kappa shape index (κ1) is 19.8. The van der Waals surface area contributed by atoms with Gasteiger partial charge in [0.1, 0.15) is 5.75 Å². The number of anilines is 1. The number of furan rings is 1. The zero-order chi connectivity index (χ0) is 21.3. The second-order valence-electron chi connectivity index (χ2n) is 6.62. The molecule has 2 aromatic carbocycles. The molecule has 152 valence electrons. The summed E-state index contributed by atoms with van der Waals surface area (Å²) in [6.07, 6.45) is 1.37. The molecular formula is C23H18ClNO5. The molecule has 30 heavy (non-hydrogen) atoms. The number of carbonyl (C=O) groups is 2. The fourth-order valence-electron chi connectivity index (χ4n) is 3.47. The minimum absolute atomic E-state index is 0.0400. The van der Waals surface area contributed by atoms with Crippen LogP contribution in [0.3, 0.4) is 0 Å². The minimum Gasteiger partial charge on any atom is -0.503 e. The standard InChI is InChI=1S/C23H18ClNO5/c1-2-29-17-11-5-14(6-12-17)20-19(21(26)18-4-3-13-30-18)22(27)23(28)25(20)16-9-7-15(24)8-10-16/h3-13,20,27H,2H2,1H3. The van der Waals surface area contributed by atoms with Gasteiger partial charge in [0.2, 0.25) is 5.78 Å². The van der Waals surface area contributed by atoms with Gasteiger partial charge in [0, 0.05) is 10.7 Å². The van der Waals surface area contributed by atoms with E-state index in [-0.39, 0.29) is 11.3 Å². The Balaban J connectivity index is 1.83. The third-order valence-electron chi connectivity index (χ3n) is 4.81. The molecular weight excluding hydrogens is 406 g/mol. The van der Waals surface area contributed by atoms with Crippen molar-refractivity contribution in [2.75, 3.05) is 11.5 Å². The zero-order valence-corrected chi connectivity index (χ0v) is 16.8. The van der Waals surface area contributed by atoms with Gasteiger partial charge in [0.05, 0.1) is 24.5 Å². The number of nitrogens with zero attached hydrogens (tertiary/aromatic N) is 1. The van der Waals surface area contributed by atoms with Crippen LogP contribution in [0, 0.1) is 0 Å². The van der Waals surface area contributed by atoms with E-state index in [9.17, 15) is 14.7 Å². The van der Waals surface area contributed by atoms with Crippen molar-refractivity contribution in [2.45, 2.75) is 13.0 Å². The van der Waals surface area contributed by atoms with E-state index in [1.807, 2.05) is 6.92 Å². The van der Waals surface area contributed by atoms with E-state index in [1.165, 1.54) is 17.2 Å². The molecule has 1 amide bonds. The Morgan fingerprint density at radius 1 is 1.13 bits per heavy atom. The number of ether oxygens (including phenoxy) is 1. The Morgan fingerprint density at radius 2 is 1.83 bits per heavy atom. The number of carbonyl (C=O) groups excluding carboxylic acids is 2. The zero-order valence-electron chi connectivity index (χ0n) is 16.0. The van der Waals surface area contributed by atoms with E-state index >= 15 is 0 Å². The number of hydrogen-bond donors (Lipinski definition) is 1. The lowest BCUT2D eigenvalue weighted by Gasteiger charge is -2.27. The third-order valence-corrected chi connectivity index (χ3v) is 5.06. The van der Waals surface area contributed by atoms with Gasteiger partial charge >= 0.3 is 0 Å². The molecule has 0 fully saturated rings. The Kier molecular flexibility index (Phi) is 5.33. The average Bonchev–Trinajstić information content (AvgIpc) is 3.37. The van der Waals surface area contributed by atoms with E-state index in [2.05, 4.69) is 0 Å². The predicted molar refractivity (Wildman–Crippen MR) is 112 cm³/mol. The number of aliphatic hydroxyl groups is 1. The Labute approximate surface area is 177 Å². The number of hydrogen-bond acceptors (Lipinski definition) is 5. The Morgan fingerprint density at radius 3 is 2.43 bits per heavy atom. The molecule has 3 aromatic rings. The van der Waals surface area contributed by atoms with Crippen LogP contribution in [0.25, 0.3) is 0 Å². The molecule has 0 saturated carbocycles. The molecule has 0 spiro atoms. The van der Waals surface area contributed by atoms with E-state index in [4.69, 9.17) is 20.8 Å². The Bertz CT molecular complexity index is 1100. The second-order valence-corrected chi connectivity index (χ2v) is 7.06. The van der Waals surface area contributed by atoms with Crippen LogP contribution in [-0.4, -0.2) is 23.4 Å². The van der Waals surface area contributed by atoms with Gasteiger partial charge in [-0.2, -0.15) is 0 Å². The lowest BCUT2D eigenvalue weighted by Crippen LogP contribution is -2.31. The number of halogens is 1. The summed E-state index contributed by atoms with van der Waals surface area (Å²) in [6, 6.07) is 15.9. The first-order valence-corrected chi connectivity index (χ1v) is 9.72. The van der Waals surface area contributed by atoms with Gasteiger partial charge < -0.3 is 14.3 Å². The third kappa shape index (κ3) is 3.46. The lowest BCUT2D eigenvalue weighted by molar-refractivity contribution is -0.117. The maximum absolute atomic E-state index is 13.1. The Hall–Kier alpha value is -3.51. The van der Waals surface area contributed by atoms with Crippen molar-refractivity contribution in [1.82, 2.24) is 0 Å². The molecule has 1 aliphatic heterocycles. The van der Waals surface area contributed by atoms with Crippen LogP contribution in [0.1, 0.15) is 29.1 Å². The van der Waals surface area contributed by atoms with Gasteiger partial charge in [-0.3, -0.25) is 14.5 Å². The van der Waals surface area contributed by atoms with Crippen molar-refractivity contribution < 1.29 is 23.8 Å². The van der Waals surface area contributed by atoms with Crippen molar-refractivity contribution in [2.24, 2.45) is 0 Å². The van der Waals surface area contributed by atoms with Crippen LogP contribution >= 0.6 is 11.6 Å². The molecule has 1 atom stereocenters. The highest BCUT2D eigenvalue weighted by Crippen LogP contribution is 2.42. The SMILES string of the molecule is CCOc1ccc(C2C(C(=O)c3ccco3)=C(O)C(=O)N2c2ccc(Cl)cc2)cc1. The summed E-state index contributed by atoms with van der Waals surface area (Å²) in [6.45, 7) is 2.40. The molecule has 2 heterocycles. The molecule has 1 N–H and O–H groups in total. The van der Waals surface area contributed by atoms with Crippen LogP contribution in [0.15, 0.2) is 82.7 Å². The van der Waals surface area contributed by atoms with E-state index in [0.29, 0.717) is 28.6 Å². The quantitative estimate of drug-likeness (QED) is 0.557. The summed E-state index contributed by atoms with van der Waals surface area (Å²) in [5.41, 5.74) is 1.09. The predicted octanol–water partition coefficient (Wildman–Crippen LogP) is 5.11. The van der Waals surface area contributed by atoms with E-state index in [1.54, 1.807) is 54.6 Å². The molecule has 0 saturated heterocycles. The summed E-state index contributed by atoms with van der Waals surface area (Å²) in [5.74, 6) is -1.13. The first-order chi connectivity index (χ1) is 14.5. The topological polar surface area (TPSA) is 80.0 Å². The number of amides is 1. The van der Waals surface area contributed by atoms with Gasteiger partial charge in [-0.05, 0) is 61.0 Å². The summed E-state index contributed by atoms with van der Waals surface area (Å²) >= 11 is 5.99. The molecule has 6 nitrogen and oxygen atoms in total. The number of rotatable bonds is 6. The monoisotopic (exact) mass is 423 g/mol. The van der Waals surface area contributed by atoms with Crippen molar-refractivity contribution >= 4 is 29.0 Å². The normalized spacial score (nSPS) is 16.3. The highest BCUT2D eigenvalue weighted by molar-refractivity contribution is 6.30. The van der Waals surface area contributed by atoms with Crippen LogP contribution < -0.4 is 9.64 Å². The highest BCUT2D eigenvalue weighted by atomic mass is 35.5. The van der Waals surface area contributed by atoms with E-state index in [0.717, 1.165) is 0 Å². The minimum atomic E-state index is -0.841. The van der Waals surface area contributed by atoms with Gasteiger partial charge in [-0.15, -0.1) is 0 Å². The highest BCUT2D eigenvalue weighted by Gasteiger charge is 2.45. The van der Waals surface area contributed by atoms with Crippen molar-refractivity contribution in [1.29, 1.82) is 0 Å². The summed E-state index contributed by atoms with van der Waals surface area (Å²) in [5, 5.41) is 11.2. The summed E-state index contributed by atoms with van der Waals surface area (Å²) in [7, 11) is 0. The molecule has 1 aromatic heterocycles.